The van der Waals surface area contributed by atoms with Gasteiger partial charge in [0, 0.05) is 4.47 Å². The van der Waals surface area contributed by atoms with Crippen molar-refractivity contribution in [3.63, 3.8) is 0 Å². The number of hydrogen-bond acceptors (Lipinski definition) is 4. The zero-order valence-corrected chi connectivity index (χ0v) is 8.78. The van der Waals surface area contributed by atoms with E-state index in [-0.39, 0.29) is 6.61 Å². The van der Waals surface area contributed by atoms with Crippen LogP contribution in [0.2, 0.25) is 0 Å². The van der Waals surface area contributed by atoms with Crippen LogP contribution in [-0.2, 0) is 0 Å². The Hall–Kier alpha value is -0.650. The third-order valence-electron chi connectivity index (χ3n) is 1.63. The van der Waals surface area contributed by atoms with E-state index < -0.39 is 6.04 Å². The minimum absolute atomic E-state index is 0.127. The number of aliphatic hydroxyl groups excluding tert-OH is 1. The van der Waals surface area contributed by atoms with Crippen LogP contribution in [0, 0.1) is 0 Å². The summed E-state index contributed by atoms with van der Waals surface area (Å²) < 4.78 is 5.71. The van der Waals surface area contributed by atoms with Crippen LogP contribution in [0.3, 0.4) is 0 Å². The molecule has 0 aromatic carbocycles. The molecule has 0 fully saturated rings. The van der Waals surface area contributed by atoms with Crippen molar-refractivity contribution in [2.75, 3.05) is 13.7 Å². The molecule has 1 heterocycles. The highest BCUT2D eigenvalue weighted by atomic mass is 79.9. The van der Waals surface area contributed by atoms with E-state index in [1.54, 1.807) is 19.4 Å². The SMILES string of the molecule is COc1cnc(C(N)CO)c(Br)c1. The van der Waals surface area contributed by atoms with E-state index in [1.165, 1.54) is 0 Å². The smallest absolute Gasteiger partial charge is 0.138 e. The lowest BCUT2D eigenvalue weighted by molar-refractivity contribution is 0.265. The third-order valence-corrected chi connectivity index (χ3v) is 2.26. The van der Waals surface area contributed by atoms with Gasteiger partial charge in [-0.05, 0) is 22.0 Å². The lowest BCUT2D eigenvalue weighted by Gasteiger charge is -2.10. The molecule has 5 heteroatoms. The maximum absolute atomic E-state index is 8.82. The van der Waals surface area contributed by atoms with E-state index in [4.69, 9.17) is 15.6 Å². The van der Waals surface area contributed by atoms with Gasteiger partial charge in [0.25, 0.3) is 0 Å². The quantitative estimate of drug-likeness (QED) is 0.830. The highest BCUT2D eigenvalue weighted by molar-refractivity contribution is 9.10. The van der Waals surface area contributed by atoms with Gasteiger partial charge in [-0.3, -0.25) is 4.98 Å². The van der Waals surface area contributed by atoms with Gasteiger partial charge in [-0.15, -0.1) is 0 Å². The number of rotatable bonds is 3. The summed E-state index contributed by atoms with van der Waals surface area (Å²) in [6, 6.07) is 1.30. The minimum Gasteiger partial charge on any atom is -0.495 e. The highest BCUT2D eigenvalue weighted by Gasteiger charge is 2.10. The van der Waals surface area contributed by atoms with E-state index in [0.717, 1.165) is 4.47 Å². The molecule has 0 radical (unpaired) electrons. The zero-order valence-electron chi connectivity index (χ0n) is 7.20. The van der Waals surface area contributed by atoms with Crippen molar-refractivity contribution in [2.24, 2.45) is 5.73 Å². The molecule has 0 saturated carbocycles. The molecule has 72 valence electrons. The van der Waals surface area contributed by atoms with Crippen molar-refractivity contribution in [1.82, 2.24) is 4.98 Å². The first-order valence-electron chi connectivity index (χ1n) is 3.75. The standard InChI is InChI=1S/C8H11BrN2O2/c1-13-5-2-6(9)8(11-3-5)7(10)4-12/h2-3,7,12H,4,10H2,1H3. The number of halogens is 1. The average molecular weight is 247 g/mol. The van der Waals surface area contributed by atoms with Gasteiger partial charge >= 0.3 is 0 Å². The number of nitrogens with zero attached hydrogens (tertiary/aromatic N) is 1. The molecule has 3 N–H and O–H groups in total. The molecule has 4 nitrogen and oxygen atoms in total. The number of ether oxygens (including phenoxy) is 1. The average Bonchev–Trinajstić information content (AvgIpc) is 2.16. The molecule has 1 aromatic rings. The van der Waals surface area contributed by atoms with E-state index in [9.17, 15) is 0 Å². The van der Waals surface area contributed by atoms with Crippen molar-refractivity contribution in [3.8, 4) is 5.75 Å². The monoisotopic (exact) mass is 246 g/mol. The zero-order chi connectivity index (χ0) is 9.84. The normalized spacial score (nSPS) is 12.6. The second kappa shape index (κ2) is 4.55. The van der Waals surface area contributed by atoms with Gasteiger partial charge < -0.3 is 15.6 Å². The Balaban J connectivity index is 2.98. The van der Waals surface area contributed by atoms with Gasteiger partial charge in [-0.1, -0.05) is 0 Å². The number of pyridine rings is 1. The van der Waals surface area contributed by atoms with Crippen molar-refractivity contribution in [2.45, 2.75) is 6.04 Å². The van der Waals surface area contributed by atoms with Gasteiger partial charge in [0.2, 0.25) is 0 Å². The summed E-state index contributed by atoms with van der Waals surface area (Å²) in [7, 11) is 1.56. The number of methoxy groups -OCH3 is 1. The highest BCUT2D eigenvalue weighted by Crippen LogP contribution is 2.23. The van der Waals surface area contributed by atoms with Crippen LogP contribution < -0.4 is 10.5 Å². The summed E-state index contributed by atoms with van der Waals surface area (Å²) in [5, 5.41) is 8.82. The first kappa shape index (κ1) is 10.4. The Morgan fingerprint density at radius 1 is 1.77 bits per heavy atom. The molecule has 0 aliphatic rings. The van der Waals surface area contributed by atoms with Gasteiger partial charge in [0.05, 0.1) is 31.6 Å². The molecule has 1 atom stereocenters. The predicted molar refractivity (Wildman–Crippen MR) is 52.5 cm³/mol. The topological polar surface area (TPSA) is 68.4 Å². The summed E-state index contributed by atoms with van der Waals surface area (Å²) in [4.78, 5) is 4.06. The predicted octanol–water partition coefficient (Wildman–Crippen LogP) is 0.845. The van der Waals surface area contributed by atoms with Crippen LogP contribution in [0.1, 0.15) is 11.7 Å². The first-order valence-corrected chi connectivity index (χ1v) is 4.54. The van der Waals surface area contributed by atoms with E-state index >= 15 is 0 Å². The summed E-state index contributed by atoms with van der Waals surface area (Å²) in [5.74, 6) is 0.653. The fourth-order valence-corrected chi connectivity index (χ4v) is 1.52. The number of hydrogen-bond donors (Lipinski definition) is 2. The third kappa shape index (κ3) is 2.40. The lowest BCUT2D eigenvalue weighted by atomic mass is 10.2. The van der Waals surface area contributed by atoms with E-state index in [1.807, 2.05) is 0 Å². The molecule has 0 saturated heterocycles. The Bertz CT molecular complexity index is 293. The second-order valence-corrected chi connectivity index (χ2v) is 3.39. The van der Waals surface area contributed by atoms with Crippen molar-refractivity contribution >= 4 is 15.9 Å². The molecule has 0 aliphatic carbocycles. The van der Waals surface area contributed by atoms with Gasteiger partial charge in [-0.2, -0.15) is 0 Å². The van der Waals surface area contributed by atoms with E-state index in [0.29, 0.717) is 11.4 Å². The summed E-state index contributed by atoms with van der Waals surface area (Å²) >= 11 is 3.30. The lowest BCUT2D eigenvalue weighted by Crippen LogP contribution is -2.16. The van der Waals surface area contributed by atoms with Gasteiger partial charge in [0.1, 0.15) is 5.75 Å². The summed E-state index contributed by atoms with van der Waals surface area (Å²) in [6.45, 7) is -0.127. The van der Waals surface area contributed by atoms with Gasteiger partial charge in [-0.25, -0.2) is 0 Å². The Morgan fingerprint density at radius 3 is 2.92 bits per heavy atom. The van der Waals surface area contributed by atoms with Crippen LogP contribution in [-0.4, -0.2) is 23.8 Å². The van der Waals surface area contributed by atoms with Crippen LogP contribution in [0.25, 0.3) is 0 Å². The molecule has 0 amide bonds. The van der Waals surface area contributed by atoms with Crippen LogP contribution >= 0.6 is 15.9 Å². The Morgan fingerprint density at radius 2 is 2.46 bits per heavy atom. The van der Waals surface area contributed by atoms with Crippen molar-refractivity contribution in [3.05, 3.63) is 22.4 Å². The molecule has 0 aliphatic heterocycles. The molecular formula is C8H11BrN2O2. The summed E-state index contributed by atoms with van der Waals surface area (Å²) in [6.07, 6.45) is 1.57. The van der Waals surface area contributed by atoms with Gasteiger partial charge in [0.15, 0.2) is 0 Å². The first-order chi connectivity index (χ1) is 6.19. The maximum Gasteiger partial charge on any atom is 0.138 e. The Labute approximate surface area is 84.9 Å². The van der Waals surface area contributed by atoms with Crippen LogP contribution in [0.5, 0.6) is 5.75 Å². The number of aliphatic hydroxyl groups is 1. The molecule has 13 heavy (non-hydrogen) atoms. The molecule has 0 spiro atoms. The molecule has 1 aromatic heterocycles. The number of aromatic nitrogens is 1. The minimum atomic E-state index is -0.458. The summed E-state index contributed by atoms with van der Waals surface area (Å²) in [5.41, 5.74) is 6.23. The molecule has 1 rings (SSSR count). The molecule has 1 unspecified atom stereocenters. The maximum atomic E-state index is 8.82. The Kier molecular flexibility index (Phi) is 3.65. The van der Waals surface area contributed by atoms with Crippen molar-refractivity contribution < 1.29 is 9.84 Å². The number of nitrogens with two attached hydrogens (primary N) is 1. The van der Waals surface area contributed by atoms with Crippen LogP contribution in [0.15, 0.2) is 16.7 Å². The fourth-order valence-electron chi connectivity index (χ4n) is 0.902. The van der Waals surface area contributed by atoms with Crippen molar-refractivity contribution in [1.29, 1.82) is 0 Å². The van der Waals surface area contributed by atoms with E-state index in [2.05, 4.69) is 20.9 Å². The largest absolute Gasteiger partial charge is 0.495 e. The molecular weight excluding hydrogens is 236 g/mol. The molecule has 0 bridgehead atoms. The van der Waals surface area contributed by atoms with Crippen LogP contribution in [0.4, 0.5) is 0 Å². The fraction of sp³-hybridized carbons (Fsp3) is 0.375. The second-order valence-electron chi connectivity index (χ2n) is 2.53.